The number of nitrogens with zero attached hydrogens (tertiary/aromatic N) is 1. The molecule has 0 spiro atoms. The molecule has 4 nitrogen and oxygen atoms in total. The maximum atomic E-state index is 13.4. The van der Waals surface area contributed by atoms with Gasteiger partial charge in [0.1, 0.15) is 0 Å². The van der Waals surface area contributed by atoms with Gasteiger partial charge in [-0.3, -0.25) is 9.79 Å². The van der Waals surface area contributed by atoms with Gasteiger partial charge in [-0.05, 0) is 59.2 Å². The Hall–Kier alpha value is -3.14. The predicted octanol–water partition coefficient (Wildman–Crippen LogP) is 6.11. The van der Waals surface area contributed by atoms with Gasteiger partial charge in [0.25, 0.3) is 5.91 Å². The first-order valence-corrected chi connectivity index (χ1v) is 11.0. The summed E-state index contributed by atoms with van der Waals surface area (Å²) >= 11 is 0. The Morgan fingerprint density at radius 3 is 2.65 bits per heavy atom. The fourth-order valence-electron chi connectivity index (χ4n) is 4.40. The monoisotopic (exact) mass is 412 g/mol. The number of nitrogens with one attached hydrogen (secondary N) is 2. The number of hydrogen-bond donors (Lipinski definition) is 2. The summed E-state index contributed by atoms with van der Waals surface area (Å²) in [5.41, 5.74) is 3.78. The van der Waals surface area contributed by atoms with Gasteiger partial charge in [0.05, 0.1) is 24.3 Å². The molecule has 1 amide bonds. The molecule has 0 saturated heterocycles. The van der Waals surface area contributed by atoms with Crippen LogP contribution in [0.4, 0.5) is 11.4 Å². The lowest BCUT2D eigenvalue weighted by molar-refractivity contribution is 0.0930. The Morgan fingerprint density at radius 2 is 1.90 bits per heavy atom. The summed E-state index contributed by atoms with van der Waals surface area (Å²) < 4.78 is 8.38. The largest absolute Gasteiger partial charge is 0.375 e. The molecule has 2 aliphatic rings. The van der Waals surface area contributed by atoms with Crippen molar-refractivity contribution in [3.05, 3.63) is 71.3 Å². The summed E-state index contributed by atoms with van der Waals surface area (Å²) in [7, 11) is 0. The zero-order chi connectivity index (χ0) is 22.7. The van der Waals surface area contributed by atoms with Gasteiger partial charge in [-0.15, -0.1) is 0 Å². The first kappa shape index (κ1) is 18.6. The lowest BCUT2D eigenvalue weighted by Crippen LogP contribution is -2.37. The zero-order valence-electron chi connectivity index (χ0n) is 19.5. The van der Waals surface area contributed by atoms with Crippen molar-refractivity contribution in [3.8, 4) is 0 Å². The summed E-state index contributed by atoms with van der Waals surface area (Å²) in [6.07, 6.45) is 2.16. The number of carbonyl (C=O) groups excluding carboxylic acids is 1. The SMILES string of the molecule is [2H]C1=Nc2cc(C(=O)NC3(c4cccc5ccccc45)CC3)c(C)cc2NC1C(C)(C)C. The normalized spacial score (nSPS) is 19.7. The van der Waals surface area contributed by atoms with E-state index in [1.54, 1.807) is 0 Å². The third-order valence-corrected chi connectivity index (χ3v) is 6.48. The number of carbonyl (C=O) groups is 1. The number of hydrogen-bond acceptors (Lipinski definition) is 3. The maximum Gasteiger partial charge on any atom is 0.252 e. The highest BCUT2D eigenvalue weighted by molar-refractivity contribution is 6.00. The van der Waals surface area contributed by atoms with Crippen molar-refractivity contribution in [2.75, 3.05) is 5.32 Å². The second kappa shape index (κ2) is 6.94. The van der Waals surface area contributed by atoms with Crippen molar-refractivity contribution < 1.29 is 6.17 Å². The van der Waals surface area contributed by atoms with E-state index in [9.17, 15) is 4.79 Å². The molecule has 0 bridgehead atoms. The van der Waals surface area contributed by atoms with Gasteiger partial charge in [-0.1, -0.05) is 63.2 Å². The lowest BCUT2D eigenvalue weighted by atomic mass is 9.86. The highest BCUT2D eigenvalue weighted by atomic mass is 16.1. The van der Waals surface area contributed by atoms with Gasteiger partial charge in [-0.2, -0.15) is 0 Å². The number of aryl methyl sites for hydroxylation is 1. The average Bonchev–Trinajstić information content (AvgIpc) is 3.52. The fourth-order valence-corrected chi connectivity index (χ4v) is 4.40. The minimum absolute atomic E-state index is 0.0876. The third-order valence-electron chi connectivity index (χ3n) is 6.48. The van der Waals surface area contributed by atoms with Crippen LogP contribution < -0.4 is 10.6 Å². The van der Waals surface area contributed by atoms with Gasteiger partial charge in [0.2, 0.25) is 0 Å². The van der Waals surface area contributed by atoms with Gasteiger partial charge >= 0.3 is 0 Å². The van der Waals surface area contributed by atoms with Crippen LogP contribution in [0.2, 0.25) is 0 Å². The summed E-state index contributed by atoms with van der Waals surface area (Å²) in [4.78, 5) is 17.9. The molecule has 0 radical (unpaired) electrons. The molecule has 1 aliphatic carbocycles. The van der Waals surface area contributed by atoms with Crippen LogP contribution in [-0.2, 0) is 5.54 Å². The molecule has 1 saturated carbocycles. The zero-order valence-corrected chi connectivity index (χ0v) is 18.5. The standard InChI is InChI=1S/C27H29N3O/c1-17-14-23-22(28-16-24(29-23)26(2,3)4)15-20(17)25(31)30-27(12-13-27)21-11-7-9-18-8-5-6-10-19(18)21/h5-11,14-16,24,29H,12-13H2,1-4H3,(H,30,31)/i16D. The minimum Gasteiger partial charge on any atom is -0.375 e. The number of fused-ring (bicyclic) bond motifs is 2. The summed E-state index contributed by atoms with van der Waals surface area (Å²) in [5, 5.41) is 9.16. The first-order chi connectivity index (χ1) is 15.2. The van der Waals surface area contributed by atoms with Crippen LogP contribution in [0.3, 0.4) is 0 Å². The molecular weight excluding hydrogens is 382 g/mol. The van der Waals surface area contributed by atoms with Crippen molar-refractivity contribution >= 4 is 34.2 Å². The van der Waals surface area contributed by atoms with E-state index in [4.69, 9.17) is 1.37 Å². The molecule has 1 aliphatic heterocycles. The maximum absolute atomic E-state index is 13.4. The van der Waals surface area contributed by atoms with E-state index >= 15 is 0 Å². The van der Waals surface area contributed by atoms with Crippen molar-refractivity contribution in [1.82, 2.24) is 5.32 Å². The molecule has 4 heteroatoms. The molecule has 158 valence electrons. The second-order valence-electron chi connectivity index (χ2n) is 9.93. The molecule has 2 N–H and O–H groups in total. The Labute approximate surface area is 185 Å². The number of anilines is 1. The highest BCUT2D eigenvalue weighted by Crippen LogP contribution is 2.48. The van der Waals surface area contributed by atoms with Crippen LogP contribution in [-0.4, -0.2) is 18.1 Å². The van der Waals surface area contributed by atoms with Crippen LogP contribution >= 0.6 is 0 Å². The number of aliphatic imine (C=N–C) groups is 1. The summed E-state index contributed by atoms with van der Waals surface area (Å²) in [6, 6.07) is 18.3. The quantitative estimate of drug-likeness (QED) is 0.545. The Bertz CT molecular complexity index is 1260. The molecule has 1 heterocycles. The van der Waals surface area contributed by atoms with Crippen molar-refractivity contribution in [3.63, 3.8) is 0 Å². The molecular formula is C27H29N3O. The highest BCUT2D eigenvalue weighted by Gasteiger charge is 2.46. The van der Waals surface area contributed by atoms with Crippen LogP contribution in [0, 0.1) is 12.3 Å². The lowest BCUT2D eigenvalue weighted by Gasteiger charge is -2.32. The molecule has 31 heavy (non-hydrogen) atoms. The molecule has 1 atom stereocenters. The fraction of sp³-hybridized carbons (Fsp3) is 0.333. The van der Waals surface area contributed by atoms with E-state index in [0.717, 1.165) is 24.1 Å². The van der Waals surface area contributed by atoms with E-state index < -0.39 is 0 Å². The topological polar surface area (TPSA) is 53.5 Å². The van der Waals surface area contributed by atoms with Crippen molar-refractivity contribution in [2.24, 2.45) is 10.4 Å². The average molecular weight is 413 g/mol. The smallest absolute Gasteiger partial charge is 0.252 e. The molecule has 3 aromatic rings. The summed E-state index contributed by atoms with van der Waals surface area (Å²) in [6.45, 7) is 8.24. The first-order valence-electron chi connectivity index (χ1n) is 11.5. The minimum atomic E-state index is -0.320. The van der Waals surface area contributed by atoms with Gasteiger partial charge in [0.15, 0.2) is 0 Å². The third kappa shape index (κ3) is 3.50. The molecule has 0 aromatic heterocycles. The molecule has 5 rings (SSSR count). The van der Waals surface area contributed by atoms with Crippen LogP contribution in [0.25, 0.3) is 10.8 Å². The summed E-state index contributed by atoms with van der Waals surface area (Å²) in [5.74, 6) is -0.0876. The van der Waals surface area contributed by atoms with Crippen LogP contribution in [0.5, 0.6) is 0 Å². The van der Waals surface area contributed by atoms with E-state index in [2.05, 4.69) is 66.7 Å². The number of rotatable bonds is 3. The van der Waals surface area contributed by atoms with Crippen LogP contribution in [0.1, 0.15) is 56.5 Å². The van der Waals surface area contributed by atoms with Gasteiger partial charge < -0.3 is 10.6 Å². The van der Waals surface area contributed by atoms with E-state index in [-0.39, 0.29) is 22.9 Å². The Morgan fingerprint density at radius 1 is 1.16 bits per heavy atom. The second-order valence-corrected chi connectivity index (χ2v) is 9.93. The Balaban J connectivity index is 1.46. The molecule has 1 fully saturated rings. The van der Waals surface area contributed by atoms with Crippen molar-refractivity contribution in [1.29, 1.82) is 0 Å². The van der Waals surface area contributed by atoms with E-state index in [1.165, 1.54) is 16.3 Å². The van der Waals surface area contributed by atoms with Crippen molar-refractivity contribution in [2.45, 2.75) is 52.1 Å². The molecule has 1 unspecified atom stereocenters. The number of benzene rings is 3. The number of amides is 1. The van der Waals surface area contributed by atoms with E-state index in [1.807, 2.05) is 31.2 Å². The van der Waals surface area contributed by atoms with Crippen LogP contribution in [0.15, 0.2) is 59.6 Å². The van der Waals surface area contributed by atoms with E-state index in [0.29, 0.717) is 17.4 Å². The molecule has 3 aromatic carbocycles. The predicted molar refractivity (Wildman–Crippen MR) is 129 cm³/mol. The Kier molecular flexibility index (Phi) is 4.17. The van der Waals surface area contributed by atoms with Gasteiger partial charge in [-0.25, -0.2) is 0 Å². The van der Waals surface area contributed by atoms with Gasteiger partial charge in [0, 0.05) is 11.8 Å².